The van der Waals surface area contributed by atoms with Gasteiger partial charge in [0.25, 0.3) is 5.69 Å². The normalized spacial score (nSPS) is 11.6. The van der Waals surface area contributed by atoms with E-state index in [1.807, 2.05) is 6.92 Å². The van der Waals surface area contributed by atoms with Gasteiger partial charge in [-0.25, -0.2) is 0 Å². The molecule has 0 saturated carbocycles. The molecule has 84 valence electrons. The predicted molar refractivity (Wildman–Crippen MR) is 59.9 cm³/mol. The van der Waals surface area contributed by atoms with Crippen LogP contribution in [0.3, 0.4) is 0 Å². The van der Waals surface area contributed by atoms with E-state index in [2.05, 4.69) is 10.0 Å². The third-order valence-electron chi connectivity index (χ3n) is 2.22. The van der Waals surface area contributed by atoms with Crippen molar-refractivity contribution in [1.82, 2.24) is 0 Å². The minimum absolute atomic E-state index is 0.0201. The highest BCUT2D eigenvalue weighted by Crippen LogP contribution is 2.25. The smallest absolute Gasteiger partial charge is 0.258 e. The molecule has 0 heterocycles. The zero-order valence-electron chi connectivity index (χ0n) is 8.91. The standard InChI is InChI=1S/C10H12N4O2/c1-2-4-10(12-13-11)8-5-3-6-9(7-8)14(15)16/h3,5-7,10H,2,4H2,1H3/t10-/m0/s1. The van der Waals surface area contributed by atoms with Gasteiger partial charge in [-0.3, -0.25) is 10.1 Å². The maximum Gasteiger partial charge on any atom is 0.269 e. The first-order chi connectivity index (χ1) is 7.69. The zero-order valence-corrected chi connectivity index (χ0v) is 8.91. The van der Waals surface area contributed by atoms with Crippen LogP contribution in [0, 0.1) is 10.1 Å². The van der Waals surface area contributed by atoms with E-state index >= 15 is 0 Å². The SMILES string of the molecule is CCC[C@H](N=[N+]=[N-])c1cccc([N+](=O)[O-])c1. The fourth-order valence-corrected chi connectivity index (χ4v) is 1.47. The van der Waals surface area contributed by atoms with Crippen LogP contribution < -0.4 is 0 Å². The van der Waals surface area contributed by atoms with Crippen LogP contribution in [0.2, 0.25) is 0 Å². The average molecular weight is 220 g/mol. The third-order valence-corrected chi connectivity index (χ3v) is 2.22. The van der Waals surface area contributed by atoms with Gasteiger partial charge in [-0.15, -0.1) is 0 Å². The van der Waals surface area contributed by atoms with Crippen molar-refractivity contribution in [2.75, 3.05) is 0 Å². The zero-order chi connectivity index (χ0) is 12.0. The topological polar surface area (TPSA) is 91.9 Å². The molecule has 0 spiro atoms. The van der Waals surface area contributed by atoms with Gasteiger partial charge >= 0.3 is 0 Å². The Morgan fingerprint density at radius 2 is 2.38 bits per heavy atom. The molecule has 0 amide bonds. The Morgan fingerprint density at radius 1 is 1.62 bits per heavy atom. The maximum atomic E-state index is 10.6. The van der Waals surface area contributed by atoms with Crippen LogP contribution in [0.4, 0.5) is 5.69 Å². The van der Waals surface area contributed by atoms with Crippen LogP contribution in [0.25, 0.3) is 10.4 Å². The van der Waals surface area contributed by atoms with Crippen molar-refractivity contribution in [3.63, 3.8) is 0 Å². The Bertz CT molecular complexity index is 427. The number of nitro benzene ring substituents is 1. The van der Waals surface area contributed by atoms with Gasteiger partial charge < -0.3 is 0 Å². The molecule has 0 N–H and O–H groups in total. The van der Waals surface area contributed by atoms with E-state index in [1.165, 1.54) is 12.1 Å². The number of nitrogens with zero attached hydrogens (tertiary/aromatic N) is 4. The Morgan fingerprint density at radius 3 is 2.94 bits per heavy atom. The van der Waals surface area contributed by atoms with Crippen molar-refractivity contribution in [2.24, 2.45) is 5.11 Å². The molecule has 6 heteroatoms. The molecule has 0 aromatic heterocycles. The molecule has 1 atom stereocenters. The van der Waals surface area contributed by atoms with E-state index in [4.69, 9.17) is 5.53 Å². The van der Waals surface area contributed by atoms with Gasteiger partial charge in [0.05, 0.1) is 11.0 Å². The molecular weight excluding hydrogens is 208 g/mol. The molecule has 6 nitrogen and oxygen atoms in total. The Hall–Kier alpha value is -2.07. The van der Waals surface area contributed by atoms with Crippen LogP contribution in [-0.2, 0) is 0 Å². The molecule has 0 aliphatic rings. The van der Waals surface area contributed by atoms with Gasteiger partial charge in [-0.2, -0.15) is 0 Å². The van der Waals surface area contributed by atoms with Gasteiger partial charge in [0.15, 0.2) is 0 Å². The van der Waals surface area contributed by atoms with Crippen molar-refractivity contribution in [2.45, 2.75) is 25.8 Å². The number of hydrogen-bond acceptors (Lipinski definition) is 3. The van der Waals surface area contributed by atoms with Gasteiger partial charge in [-0.1, -0.05) is 30.6 Å². The minimum Gasteiger partial charge on any atom is -0.258 e. The summed E-state index contributed by atoms with van der Waals surface area (Å²) in [6.07, 6.45) is 1.54. The molecule has 1 aromatic rings. The number of benzene rings is 1. The Kier molecular flexibility index (Phi) is 4.29. The molecule has 0 bridgehead atoms. The number of nitro groups is 1. The molecule has 0 saturated heterocycles. The molecular formula is C10H12N4O2. The summed E-state index contributed by atoms with van der Waals surface area (Å²) in [5.41, 5.74) is 9.14. The van der Waals surface area contributed by atoms with Crippen LogP contribution in [-0.4, -0.2) is 4.92 Å². The van der Waals surface area contributed by atoms with E-state index in [0.717, 1.165) is 6.42 Å². The summed E-state index contributed by atoms with van der Waals surface area (Å²) < 4.78 is 0. The molecule has 16 heavy (non-hydrogen) atoms. The van der Waals surface area contributed by atoms with Gasteiger partial charge in [-0.05, 0) is 17.5 Å². The lowest BCUT2D eigenvalue weighted by Gasteiger charge is -2.09. The van der Waals surface area contributed by atoms with Gasteiger partial charge in [0.2, 0.25) is 0 Å². The summed E-state index contributed by atoms with van der Waals surface area (Å²) in [5.74, 6) is 0. The van der Waals surface area contributed by atoms with Gasteiger partial charge in [0, 0.05) is 17.0 Å². The first kappa shape index (κ1) is 12.0. The van der Waals surface area contributed by atoms with Crippen molar-refractivity contribution in [3.8, 4) is 0 Å². The van der Waals surface area contributed by atoms with Crippen molar-refractivity contribution in [3.05, 3.63) is 50.4 Å². The quantitative estimate of drug-likeness (QED) is 0.248. The van der Waals surface area contributed by atoms with Crippen LogP contribution in [0.5, 0.6) is 0 Å². The number of non-ortho nitro benzene ring substituents is 1. The molecule has 1 aromatic carbocycles. The number of hydrogen-bond donors (Lipinski definition) is 0. The Balaban J connectivity index is 3.04. The van der Waals surface area contributed by atoms with E-state index in [9.17, 15) is 10.1 Å². The predicted octanol–water partition coefficient (Wildman–Crippen LogP) is 3.75. The van der Waals surface area contributed by atoms with Crippen molar-refractivity contribution in [1.29, 1.82) is 0 Å². The summed E-state index contributed by atoms with van der Waals surface area (Å²) in [6.45, 7) is 1.97. The van der Waals surface area contributed by atoms with Crippen LogP contribution in [0.15, 0.2) is 29.4 Å². The Labute approximate surface area is 92.7 Å². The van der Waals surface area contributed by atoms with Gasteiger partial charge in [0.1, 0.15) is 0 Å². The summed E-state index contributed by atoms with van der Waals surface area (Å²) in [6, 6.07) is 5.89. The highest BCUT2D eigenvalue weighted by atomic mass is 16.6. The van der Waals surface area contributed by atoms with Crippen LogP contribution in [0.1, 0.15) is 31.4 Å². The number of rotatable bonds is 5. The second-order valence-electron chi connectivity index (χ2n) is 3.36. The first-order valence-electron chi connectivity index (χ1n) is 4.97. The highest BCUT2D eigenvalue weighted by Gasteiger charge is 2.12. The molecule has 0 aliphatic carbocycles. The summed E-state index contributed by atoms with van der Waals surface area (Å²) >= 11 is 0. The maximum absolute atomic E-state index is 10.6. The molecule has 0 aliphatic heterocycles. The average Bonchev–Trinajstić information content (AvgIpc) is 2.29. The van der Waals surface area contributed by atoms with Crippen molar-refractivity contribution >= 4 is 5.69 Å². The largest absolute Gasteiger partial charge is 0.269 e. The summed E-state index contributed by atoms with van der Waals surface area (Å²) in [5, 5.41) is 14.2. The third kappa shape index (κ3) is 2.96. The molecule has 1 rings (SSSR count). The molecule has 0 fully saturated rings. The van der Waals surface area contributed by atoms with Crippen LogP contribution >= 0.6 is 0 Å². The summed E-state index contributed by atoms with van der Waals surface area (Å²) in [7, 11) is 0. The fraction of sp³-hybridized carbons (Fsp3) is 0.400. The lowest BCUT2D eigenvalue weighted by atomic mass is 10.0. The van der Waals surface area contributed by atoms with Crippen molar-refractivity contribution < 1.29 is 4.92 Å². The van der Waals surface area contributed by atoms with E-state index in [-0.39, 0.29) is 11.7 Å². The van der Waals surface area contributed by atoms with E-state index < -0.39 is 4.92 Å². The second-order valence-corrected chi connectivity index (χ2v) is 3.36. The monoisotopic (exact) mass is 220 g/mol. The lowest BCUT2D eigenvalue weighted by Crippen LogP contribution is -1.96. The fourth-order valence-electron chi connectivity index (χ4n) is 1.47. The highest BCUT2D eigenvalue weighted by molar-refractivity contribution is 5.35. The molecule has 0 radical (unpaired) electrons. The number of azide groups is 1. The lowest BCUT2D eigenvalue weighted by molar-refractivity contribution is -0.384. The first-order valence-corrected chi connectivity index (χ1v) is 4.97. The van der Waals surface area contributed by atoms with E-state index in [0.29, 0.717) is 12.0 Å². The summed E-state index contributed by atoms with van der Waals surface area (Å²) in [4.78, 5) is 12.9. The minimum atomic E-state index is -0.456. The second kappa shape index (κ2) is 5.72. The molecule has 0 unspecified atom stereocenters. The van der Waals surface area contributed by atoms with E-state index in [1.54, 1.807) is 12.1 Å².